The Morgan fingerprint density at radius 3 is 2.52 bits per heavy atom. The lowest BCUT2D eigenvalue weighted by Crippen LogP contribution is -2.38. The van der Waals surface area contributed by atoms with Crippen molar-refractivity contribution in [2.75, 3.05) is 19.0 Å². The fraction of sp³-hybridized carbons (Fsp3) is 0.333. The fourth-order valence-corrected chi connectivity index (χ4v) is 2.96. The lowest BCUT2D eigenvalue weighted by atomic mass is 10.2. The molecule has 0 saturated carbocycles. The third-order valence-electron chi connectivity index (χ3n) is 3.22. The fourth-order valence-electron chi connectivity index (χ4n) is 1.99. The summed E-state index contributed by atoms with van der Waals surface area (Å²) in [4.78, 5) is 48.0. The molecule has 1 heterocycles. The number of amides is 3. The van der Waals surface area contributed by atoms with E-state index in [4.69, 9.17) is 0 Å². The molecule has 0 aliphatic carbocycles. The van der Waals surface area contributed by atoms with Gasteiger partial charge in [0.15, 0.2) is 0 Å². The predicted octanol–water partition coefficient (Wildman–Crippen LogP) is 1.56. The number of carbonyl (C=O) groups excluding carboxylic acids is 4. The normalized spacial score (nSPS) is 17.3. The number of carbonyl (C=O) groups is 4. The van der Waals surface area contributed by atoms with Crippen LogP contribution in [-0.2, 0) is 19.1 Å². The van der Waals surface area contributed by atoms with E-state index in [1.54, 1.807) is 12.1 Å². The van der Waals surface area contributed by atoms with Gasteiger partial charge in [-0.1, -0.05) is 29.5 Å². The Bertz CT molecular complexity index is 644. The number of esters is 1. The molecule has 2 rings (SSSR count). The van der Waals surface area contributed by atoms with Gasteiger partial charge in [0.05, 0.1) is 13.5 Å². The highest BCUT2D eigenvalue weighted by molar-refractivity contribution is 8.15. The topological polar surface area (TPSA) is 92.8 Å². The Balaban J connectivity index is 1.95. The number of hydrogen-bond acceptors (Lipinski definition) is 6. The lowest BCUT2D eigenvalue weighted by molar-refractivity contribution is -0.142. The molecule has 0 spiro atoms. The molecule has 1 aromatic rings. The van der Waals surface area contributed by atoms with E-state index in [1.807, 2.05) is 19.1 Å². The second-order valence-electron chi connectivity index (χ2n) is 4.99. The molecule has 0 radical (unpaired) electrons. The molecule has 1 aromatic carbocycles. The first-order chi connectivity index (χ1) is 10.9. The molecule has 0 aromatic heterocycles. The molecule has 1 saturated heterocycles. The van der Waals surface area contributed by atoms with Crippen LogP contribution < -0.4 is 5.32 Å². The zero-order valence-electron chi connectivity index (χ0n) is 12.7. The van der Waals surface area contributed by atoms with Crippen LogP contribution >= 0.6 is 11.8 Å². The van der Waals surface area contributed by atoms with Crippen LogP contribution in [0.4, 0.5) is 10.5 Å². The van der Waals surface area contributed by atoms with E-state index in [2.05, 4.69) is 10.1 Å². The molecule has 1 N–H and O–H groups in total. The maximum Gasteiger partial charge on any atom is 0.307 e. The number of imide groups is 1. The number of benzene rings is 1. The molecule has 1 aliphatic heterocycles. The highest BCUT2D eigenvalue weighted by atomic mass is 32.2. The van der Waals surface area contributed by atoms with Crippen molar-refractivity contribution in [1.29, 1.82) is 0 Å². The Morgan fingerprint density at radius 1 is 1.26 bits per heavy atom. The van der Waals surface area contributed by atoms with E-state index < -0.39 is 28.3 Å². The molecule has 7 nitrogen and oxygen atoms in total. The van der Waals surface area contributed by atoms with Crippen LogP contribution in [0.15, 0.2) is 24.3 Å². The average Bonchev–Trinajstić information content (AvgIpc) is 2.77. The Kier molecular flexibility index (Phi) is 5.38. The van der Waals surface area contributed by atoms with Crippen molar-refractivity contribution in [2.24, 2.45) is 0 Å². The summed E-state index contributed by atoms with van der Waals surface area (Å²) in [6, 6.07) is 7.14. The molecular weight excluding hydrogens is 320 g/mol. The van der Waals surface area contributed by atoms with E-state index in [1.165, 1.54) is 7.11 Å². The number of thioether (sulfide) groups is 1. The third-order valence-corrected chi connectivity index (χ3v) is 4.30. The lowest BCUT2D eigenvalue weighted by Gasteiger charge is -2.13. The van der Waals surface area contributed by atoms with Crippen LogP contribution in [0.5, 0.6) is 0 Å². The highest BCUT2D eigenvalue weighted by Gasteiger charge is 2.41. The SMILES string of the molecule is COC(=O)C[C@H]1SC(=O)N(CC(=O)Nc2ccc(C)cc2)C1=O. The van der Waals surface area contributed by atoms with E-state index in [0.29, 0.717) is 5.69 Å². The number of rotatable bonds is 5. The molecule has 1 aliphatic rings. The van der Waals surface area contributed by atoms with Crippen LogP contribution in [0, 0.1) is 6.92 Å². The first-order valence-electron chi connectivity index (χ1n) is 6.86. The van der Waals surface area contributed by atoms with Gasteiger partial charge in [0.1, 0.15) is 11.8 Å². The minimum absolute atomic E-state index is 0.193. The second-order valence-corrected chi connectivity index (χ2v) is 6.15. The molecule has 3 amide bonds. The Hall–Kier alpha value is -2.35. The average molecular weight is 336 g/mol. The van der Waals surface area contributed by atoms with Gasteiger partial charge in [0, 0.05) is 5.69 Å². The summed E-state index contributed by atoms with van der Waals surface area (Å²) in [6.45, 7) is 1.54. The standard InChI is InChI=1S/C15H16N2O5S/c1-9-3-5-10(6-4-9)16-12(18)8-17-14(20)11(23-15(17)21)7-13(19)22-2/h3-6,11H,7-8H2,1-2H3,(H,16,18)/t11-/m1/s1. The maximum absolute atomic E-state index is 12.1. The maximum atomic E-state index is 12.1. The van der Waals surface area contributed by atoms with Gasteiger partial charge in [0.2, 0.25) is 11.8 Å². The molecule has 122 valence electrons. The Labute approximate surface area is 137 Å². The van der Waals surface area contributed by atoms with Crippen LogP contribution in [0.3, 0.4) is 0 Å². The van der Waals surface area contributed by atoms with Crippen molar-refractivity contribution in [2.45, 2.75) is 18.6 Å². The number of ether oxygens (including phenoxy) is 1. The van der Waals surface area contributed by atoms with Gasteiger partial charge in [-0.2, -0.15) is 0 Å². The van der Waals surface area contributed by atoms with Gasteiger partial charge in [-0.3, -0.25) is 24.1 Å². The summed E-state index contributed by atoms with van der Waals surface area (Å²) in [5, 5.41) is 1.25. The van der Waals surface area contributed by atoms with Gasteiger partial charge in [0.25, 0.3) is 5.24 Å². The van der Waals surface area contributed by atoms with E-state index in [0.717, 1.165) is 22.2 Å². The summed E-state index contributed by atoms with van der Waals surface area (Å²) in [7, 11) is 1.21. The monoisotopic (exact) mass is 336 g/mol. The van der Waals surface area contributed by atoms with Crippen molar-refractivity contribution < 1.29 is 23.9 Å². The smallest absolute Gasteiger partial charge is 0.307 e. The summed E-state index contributed by atoms with van der Waals surface area (Å²) >= 11 is 0.732. The molecule has 0 unspecified atom stereocenters. The van der Waals surface area contributed by atoms with Crippen molar-refractivity contribution in [3.63, 3.8) is 0 Å². The van der Waals surface area contributed by atoms with E-state index >= 15 is 0 Å². The van der Waals surface area contributed by atoms with Crippen molar-refractivity contribution in [1.82, 2.24) is 4.90 Å². The van der Waals surface area contributed by atoms with Gasteiger partial charge < -0.3 is 10.1 Å². The number of anilines is 1. The van der Waals surface area contributed by atoms with Crippen molar-refractivity contribution in [3.05, 3.63) is 29.8 Å². The van der Waals surface area contributed by atoms with Gasteiger partial charge in [-0.05, 0) is 19.1 Å². The molecular formula is C15H16N2O5S. The largest absolute Gasteiger partial charge is 0.469 e. The predicted molar refractivity (Wildman–Crippen MR) is 84.9 cm³/mol. The number of nitrogens with one attached hydrogen (secondary N) is 1. The summed E-state index contributed by atoms with van der Waals surface area (Å²) in [5.74, 6) is -1.60. The first kappa shape index (κ1) is 17.0. The zero-order valence-corrected chi connectivity index (χ0v) is 13.5. The third kappa shape index (κ3) is 4.32. The highest BCUT2D eigenvalue weighted by Crippen LogP contribution is 2.29. The van der Waals surface area contributed by atoms with Crippen LogP contribution in [0.2, 0.25) is 0 Å². The van der Waals surface area contributed by atoms with Gasteiger partial charge in [-0.25, -0.2) is 0 Å². The number of aryl methyl sites for hydroxylation is 1. The minimum atomic E-state index is -0.831. The quantitative estimate of drug-likeness (QED) is 0.820. The second kappa shape index (κ2) is 7.28. The van der Waals surface area contributed by atoms with Crippen LogP contribution in [0.1, 0.15) is 12.0 Å². The molecule has 8 heteroatoms. The Morgan fingerprint density at radius 2 is 1.91 bits per heavy atom. The van der Waals surface area contributed by atoms with Crippen molar-refractivity contribution >= 4 is 40.5 Å². The summed E-state index contributed by atoms with van der Waals surface area (Å²) in [5.41, 5.74) is 1.63. The van der Waals surface area contributed by atoms with Crippen LogP contribution in [-0.4, -0.2) is 46.8 Å². The number of nitrogens with zero attached hydrogens (tertiary/aromatic N) is 1. The zero-order chi connectivity index (χ0) is 17.0. The minimum Gasteiger partial charge on any atom is -0.469 e. The summed E-state index contributed by atoms with van der Waals surface area (Å²) in [6.07, 6.45) is -0.193. The molecule has 1 fully saturated rings. The van der Waals surface area contributed by atoms with E-state index in [9.17, 15) is 19.2 Å². The van der Waals surface area contributed by atoms with Gasteiger partial charge >= 0.3 is 5.97 Å². The van der Waals surface area contributed by atoms with E-state index in [-0.39, 0.29) is 13.0 Å². The van der Waals surface area contributed by atoms with Crippen molar-refractivity contribution in [3.8, 4) is 0 Å². The molecule has 1 atom stereocenters. The number of methoxy groups -OCH3 is 1. The molecule has 23 heavy (non-hydrogen) atoms. The number of hydrogen-bond donors (Lipinski definition) is 1. The van der Waals surface area contributed by atoms with Crippen LogP contribution in [0.25, 0.3) is 0 Å². The van der Waals surface area contributed by atoms with Gasteiger partial charge in [-0.15, -0.1) is 0 Å². The molecule has 0 bridgehead atoms. The first-order valence-corrected chi connectivity index (χ1v) is 7.74. The summed E-state index contributed by atoms with van der Waals surface area (Å²) < 4.78 is 4.49.